The summed E-state index contributed by atoms with van der Waals surface area (Å²) in [6.07, 6.45) is 2.57. The van der Waals surface area contributed by atoms with E-state index in [1.54, 1.807) is 6.20 Å². The van der Waals surface area contributed by atoms with Crippen molar-refractivity contribution >= 4 is 5.71 Å². The van der Waals surface area contributed by atoms with Crippen molar-refractivity contribution in [1.29, 1.82) is 0 Å². The third-order valence-corrected chi connectivity index (χ3v) is 2.80. The number of hydrogen-bond donors (Lipinski definition) is 0. The highest BCUT2D eigenvalue weighted by Gasteiger charge is 2.23. The smallest absolute Gasteiger partial charge is 0.158 e. The van der Waals surface area contributed by atoms with E-state index in [-0.39, 0.29) is 6.10 Å². The molecule has 3 nitrogen and oxygen atoms in total. The first-order valence-electron chi connectivity index (χ1n) is 5.62. The molecule has 17 heavy (non-hydrogen) atoms. The van der Waals surface area contributed by atoms with Crippen molar-refractivity contribution in [2.24, 2.45) is 5.16 Å². The van der Waals surface area contributed by atoms with E-state index >= 15 is 0 Å². The summed E-state index contributed by atoms with van der Waals surface area (Å²) in [5, 5.41) is 4.12. The van der Waals surface area contributed by atoms with Gasteiger partial charge < -0.3 is 4.84 Å². The number of rotatable bonds is 2. The van der Waals surface area contributed by atoms with Crippen LogP contribution in [-0.4, -0.2) is 10.7 Å². The number of pyridine rings is 1. The molecule has 0 amide bonds. The lowest BCUT2D eigenvalue weighted by atomic mass is 10.0. The molecule has 1 aliphatic rings. The Morgan fingerprint density at radius 3 is 2.59 bits per heavy atom. The predicted octanol–water partition coefficient (Wildman–Crippen LogP) is 2.95. The van der Waals surface area contributed by atoms with Crippen molar-refractivity contribution in [3.05, 3.63) is 66.0 Å². The van der Waals surface area contributed by atoms with E-state index < -0.39 is 0 Å². The first-order chi connectivity index (χ1) is 8.43. The van der Waals surface area contributed by atoms with Crippen molar-refractivity contribution in [3.8, 4) is 0 Å². The molecule has 2 aromatic rings. The predicted molar refractivity (Wildman–Crippen MR) is 65.7 cm³/mol. The molecule has 0 saturated carbocycles. The Morgan fingerprint density at radius 1 is 1.00 bits per heavy atom. The van der Waals surface area contributed by atoms with Gasteiger partial charge in [0.2, 0.25) is 0 Å². The molecule has 84 valence electrons. The normalized spacial score (nSPS) is 18.6. The molecule has 1 aromatic heterocycles. The molecule has 1 atom stereocenters. The molecular formula is C14H12N2O. The summed E-state index contributed by atoms with van der Waals surface area (Å²) < 4.78 is 0. The van der Waals surface area contributed by atoms with Gasteiger partial charge in [0, 0.05) is 12.6 Å². The molecule has 0 aliphatic carbocycles. The van der Waals surface area contributed by atoms with Crippen molar-refractivity contribution in [2.75, 3.05) is 0 Å². The molecule has 0 spiro atoms. The maximum atomic E-state index is 5.45. The first kappa shape index (κ1) is 10.0. The second-order valence-electron chi connectivity index (χ2n) is 3.96. The number of nitrogens with zero attached hydrogens (tertiary/aromatic N) is 2. The van der Waals surface area contributed by atoms with Gasteiger partial charge in [0.15, 0.2) is 6.10 Å². The van der Waals surface area contributed by atoms with Crippen LogP contribution in [0.25, 0.3) is 0 Å². The van der Waals surface area contributed by atoms with E-state index in [2.05, 4.69) is 22.3 Å². The van der Waals surface area contributed by atoms with Crippen LogP contribution < -0.4 is 0 Å². The Bertz CT molecular complexity index is 522. The fourth-order valence-electron chi connectivity index (χ4n) is 1.91. The highest BCUT2D eigenvalue weighted by molar-refractivity contribution is 5.99. The minimum atomic E-state index is 0.0215. The molecule has 0 unspecified atom stereocenters. The fraction of sp³-hybridized carbons (Fsp3) is 0.143. The van der Waals surface area contributed by atoms with Gasteiger partial charge in [-0.05, 0) is 17.7 Å². The Kier molecular flexibility index (Phi) is 2.58. The summed E-state index contributed by atoms with van der Waals surface area (Å²) >= 11 is 0. The van der Waals surface area contributed by atoms with Crippen LogP contribution in [0.4, 0.5) is 0 Å². The molecule has 1 aromatic carbocycles. The summed E-state index contributed by atoms with van der Waals surface area (Å²) in [5.41, 5.74) is 2.97. The van der Waals surface area contributed by atoms with E-state index in [9.17, 15) is 0 Å². The summed E-state index contributed by atoms with van der Waals surface area (Å²) in [7, 11) is 0. The lowest BCUT2D eigenvalue weighted by Gasteiger charge is -2.07. The molecule has 0 bridgehead atoms. The highest BCUT2D eigenvalue weighted by Crippen LogP contribution is 2.28. The number of aromatic nitrogens is 1. The molecular weight excluding hydrogens is 212 g/mol. The van der Waals surface area contributed by atoms with Crippen molar-refractivity contribution in [2.45, 2.75) is 12.5 Å². The van der Waals surface area contributed by atoms with Crippen molar-refractivity contribution < 1.29 is 4.84 Å². The summed E-state index contributed by atoms with van der Waals surface area (Å²) in [6, 6.07) is 15.9. The maximum absolute atomic E-state index is 5.45. The molecule has 1 aliphatic heterocycles. The minimum absolute atomic E-state index is 0.0215. The zero-order valence-corrected chi connectivity index (χ0v) is 9.28. The summed E-state index contributed by atoms with van der Waals surface area (Å²) in [6.45, 7) is 0. The molecule has 0 saturated heterocycles. The molecule has 0 fully saturated rings. The molecule has 2 heterocycles. The average molecular weight is 224 g/mol. The monoisotopic (exact) mass is 224 g/mol. The summed E-state index contributed by atoms with van der Waals surface area (Å²) in [4.78, 5) is 9.73. The van der Waals surface area contributed by atoms with Gasteiger partial charge >= 0.3 is 0 Å². The van der Waals surface area contributed by atoms with Crippen LogP contribution >= 0.6 is 0 Å². The zero-order valence-electron chi connectivity index (χ0n) is 9.28. The first-order valence-corrected chi connectivity index (χ1v) is 5.62. The third-order valence-electron chi connectivity index (χ3n) is 2.80. The van der Waals surface area contributed by atoms with Gasteiger partial charge in [0.05, 0.1) is 5.69 Å². The SMILES string of the molecule is c1ccc([C@H]2CC(c3ccccn3)=NO2)cc1. The van der Waals surface area contributed by atoms with Crippen LogP contribution in [-0.2, 0) is 4.84 Å². The molecule has 3 rings (SSSR count). The van der Waals surface area contributed by atoms with Gasteiger partial charge in [-0.25, -0.2) is 0 Å². The van der Waals surface area contributed by atoms with E-state index in [1.165, 1.54) is 0 Å². The number of hydrogen-bond acceptors (Lipinski definition) is 3. The van der Waals surface area contributed by atoms with Gasteiger partial charge in [-0.2, -0.15) is 0 Å². The second kappa shape index (κ2) is 4.37. The van der Waals surface area contributed by atoms with Crippen LogP contribution in [0.5, 0.6) is 0 Å². The molecule has 3 heteroatoms. The third kappa shape index (κ3) is 2.04. The Morgan fingerprint density at radius 2 is 1.82 bits per heavy atom. The van der Waals surface area contributed by atoms with E-state index in [0.717, 1.165) is 23.4 Å². The second-order valence-corrected chi connectivity index (χ2v) is 3.96. The zero-order chi connectivity index (χ0) is 11.5. The Labute approximate surface area is 99.8 Å². The van der Waals surface area contributed by atoms with Crippen molar-refractivity contribution in [1.82, 2.24) is 4.98 Å². The van der Waals surface area contributed by atoms with Crippen LogP contribution in [0.1, 0.15) is 23.8 Å². The maximum Gasteiger partial charge on any atom is 0.158 e. The average Bonchev–Trinajstić information content (AvgIpc) is 2.90. The number of benzene rings is 1. The van der Waals surface area contributed by atoms with E-state index in [0.29, 0.717) is 0 Å². The number of oxime groups is 1. The molecule has 0 radical (unpaired) electrons. The van der Waals surface area contributed by atoms with E-state index in [4.69, 9.17) is 4.84 Å². The quantitative estimate of drug-likeness (QED) is 0.786. The van der Waals surface area contributed by atoms with E-state index in [1.807, 2.05) is 36.4 Å². The van der Waals surface area contributed by atoms with Gasteiger partial charge in [-0.3, -0.25) is 4.98 Å². The summed E-state index contributed by atoms with van der Waals surface area (Å²) in [5.74, 6) is 0. The minimum Gasteiger partial charge on any atom is -0.387 e. The van der Waals surface area contributed by atoms with Crippen LogP contribution in [0.3, 0.4) is 0 Å². The Hall–Kier alpha value is -2.16. The Balaban J connectivity index is 1.78. The van der Waals surface area contributed by atoms with Crippen molar-refractivity contribution in [3.63, 3.8) is 0 Å². The van der Waals surface area contributed by atoms with Gasteiger partial charge in [0.25, 0.3) is 0 Å². The molecule has 0 N–H and O–H groups in total. The largest absolute Gasteiger partial charge is 0.387 e. The fourth-order valence-corrected chi connectivity index (χ4v) is 1.91. The standard InChI is InChI=1S/C14H12N2O/c1-2-6-11(7-3-1)14-10-13(16-17-14)12-8-4-5-9-15-12/h1-9,14H,10H2/t14-/m1/s1. The van der Waals surface area contributed by atoms with Gasteiger partial charge in [-0.15, -0.1) is 0 Å². The highest BCUT2D eigenvalue weighted by atomic mass is 16.6. The lowest BCUT2D eigenvalue weighted by Crippen LogP contribution is -2.02. The van der Waals surface area contributed by atoms with Crippen LogP contribution in [0.15, 0.2) is 59.9 Å². The van der Waals surface area contributed by atoms with Gasteiger partial charge in [-0.1, -0.05) is 41.6 Å². The van der Waals surface area contributed by atoms with Crippen LogP contribution in [0.2, 0.25) is 0 Å². The topological polar surface area (TPSA) is 34.5 Å². The van der Waals surface area contributed by atoms with Crippen LogP contribution in [0, 0.1) is 0 Å². The lowest BCUT2D eigenvalue weighted by molar-refractivity contribution is 0.0857. The van der Waals surface area contributed by atoms with Gasteiger partial charge in [0.1, 0.15) is 5.71 Å².